The molecule has 3 aromatic rings. The number of benzene rings is 2. The topological polar surface area (TPSA) is 81.6 Å². The van der Waals surface area contributed by atoms with Crippen LogP contribution in [-0.2, 0) is 19.0 Å². The maximum Gasteiger partial charge on any atom is 0.419 e. The van der Waals surface area contributed by atoms with Crippen molar-refractivity contribution in [1.82, 2.24) is 14.9 Å². The van der Waals surface area contributed by atoms with Gasteiger partial charge >= 0.3 is 12.1 Å². The molecule has 0 bridgehead atoms. The molecule has 0 atom stereocenters. The number of nitrogens with one attached hydrogen (secondary N) is 1. The number of aromatic carboxylic acids is 1. The van der Waals surface area contributed by atoms with E-state index >= 15 is 0 Å². The van der Waals surface area contributed by atoms with E-state index in [-0.39, 0.29) is 30.0 Å². The van der Waals surface area contributed by atoms with E-state index < -0.39 is 17.7 Å². The second-order valence-corrected chi connectivity index (χ2v) is 8.48. The number of hydrogen-bond donors (Lipinski definition) is 2. The fourth-order valence-corrected chi connectivity index (χ4v) is 4.08. The third-order valence-corrected chi connectivity index (χ3v) is 6.02. The predicted octanol–water partition coefficient (Wildman–Crippen LogP) is 4.47. The molecule has 184 valence electrons. The fourth-order valence-electron chi connectivity index (χ4n) is 4.08. The Bertz CT molecular complexity index is 1190. The molecule has 2 aromatic carbocycles. The minimum absolute atomic E-state index is 0.0510. The predicted molar refractivity (Wildman–Crippen MR) is 127 cm³/mol. The maximum absolute atomic E-state index is 13.6. The molecule has 1 saturated heterocycles. The third-order valence-electron chi connectivity index (χ3n) is 6.02. The van der Waals surface area contributed by atoms with Crippen molar-refractivity contribution in [2.45, 2.75) is 19.0 Å². The van der Waals surface area contributed by atoms with Crippen LogP contribution in [0.3, 0.4) is 0 Å². The van der Waals surface area contributed by atoms with E-state index in [2.05, 4.69) is 32.1 Å². The van der Waals surface area contributed by atoms with E-state index in [1.54, 1.807) is 18.2 Å². The van der Waals surface area contributed by atoms with Gasteiger partial charge in [-0.3, -0.25) is 0 Å². The van der Waals surface area contributed by atoms with Crippen LogP contribution < -0.4 is 10.2 Å². The van der Waals surface area contributed by atoms with Crippen LogP contribution in [0.4, 0.5) is 30.5 Å². The van der Waals surface area contributed by atoms with Gasteiger partial charge in [0.05, 0.1) is 16.8 Å². The van der Waals surface area contributed by atoms with Crippen molar-refractivity contribution in [1.29, 1.82) is 0 Å². The highest BCUT2D eigenvalue weighted by Gasteiger charge is 2.35. The quantitative estimate of drug-likeness (QED) is 0.511. The molecule has 7 nitrogen and oxygen atoms in total. The number of carbonyl (C=O) groups is 1. The van der Waals surface area contributed by atoms with E-state index in [4.69, 9.17) is 0 Å². The van der Waals surface area contributed by atoms with Gasteiger partial charge in [0.15, 0.2) is 0 Å². The summed E-state index contributed by atoms with van der Waals surface area (Å²) in [7, 11) is 2.08. The highest BCUT2D eigenvalue weighted by molar-refractivity contribution is 5.89. The number of likely N-dealkylation sites (N-methyl/N-ethyl adjacent to an activating group) is 1. The van der Waals surface area contributed by atoms with E-state index in [1.165, 1.54) is 6.07 Å². The average Bonchev–Trinajstić information content (AvgIpc) is 2.83. The first kappa shape index (κ1) is 24.5. The Balaban J connectivity index is 1.56. The lowest BCUT2D eigenvalue weighted by Crippen LogP contribution is -2.44. The van der Waals surface area contributed by atoms with Crippen LogP contribution in [0.5, 0.6) is 0 Å². The monoisotopic (exact) mass is 485 g/mol. The number of rotatable bonds is 7. The van der Waals surface area contributed by atoms with Crippen molar-refractivity contribution in [2.75, 3.05) is 43.4 Å². The van der Waals surface area contributed by atoms with Gasteiger partial charge in [0.2, 0.25) is 5.95 Å². The number of piperazine rings is 1. The van der Waals surface area contributed by atoms with Crippen molar-refractivity contribution < 1.29 is 23.1 Å². The first-order chi connectivity index (χ1) is 16.7. The highest BCUT2D eigenvalue weighted by Crippen LogP contribution is 2.32. The van der Waals surface area contributed by atoms with Gasteiger partial charge in [-0.2, -0.15) is 13.2 Å². The summed E-state index contributed by atoms with van der Waals surface area (Å²) in [5.41, 5.74) is 1.08. The first-order valence-electron chi connectivity index (χ1n) is 11.3. The van der Waals surface area contributed by atoms with Crippen LogP contribution in [0.25, 0.3) is 0 Å². The molecule has 1 aliphatic heterocycles. The van der Waals surface area contributed by atoms with E-state index in [9.17, 15) is 23.1 Å². The smallest absolute Gasteiger partial charge is 0.419 e. The molecule has 0 amide bonds. The second-order valence-electron chi connectivity index (χ2n) is 8.48. The molecule has 1 aromatic heterocycles. The molecule has 0 aliphatic carbocycles. The molecule has 0 spiro atoms. The Morgan fingerprint density at radius 1 is 1.06 bits per heavy atom. The summed E-state index contributed by atoms with van der Waals surface area (Å²) in [6, 6.07) is 13.9. The molecule has 10 heteroatoms. The minimum Gasteiger partial charge on any atom is -0.478 e. The number of anilines is 3. The lowest BCUT2D eigenvalue weighted by Gasteiger charge is -2.34. The van der Waals surface area contributed by atoms with Crippen LogP contribution in [-0.4, -0.2) is 59.2 Å². The largest absolute Gasteiger partial charge is 0.478 e. The summed E-state index contributed by atoms with van der Waals surface area (Å²) in [6.07, 6.45) is -3.84. The zero-order chi connectivity index (χ0) is 25.0. The van der Waals surface area contributed by atoms with Crippen molar-refractivity contribution in [3.63, 3.8) is 0 Å². The van der Waals surface area contributed by atoms with E-state index in [1.807, 2.05) is 24.3 Å². The van der Waals surface area contributed by atoms with E-state index in [0.29, 0.717) is 11.3 Å². The van der Waals surface area contributed by atoms with E-state index in [0.717, 1.165) is 38.1 Å². The Morgan fingerprint density at radius 3 is 2.51 bits per heavy atom. The Kier molecular flexibility index (Phi) is 7.20. The highest BCUT2D eigenvalue weighted by atomic mass is 19.4. The number of aromatic nitrogens is 2. The molecule has 0 saturated carbocycles. The van der Waals surface area contributed by atoms with Crippen molar-refractivity contribution in [3.05, 3.63) is 77.1 Å². The first-order valence-corrected chi connectivity index (χ1v) is 11.3. The molecular weight excluding hydrogens is 459 g/mol. The minimum atomic E-state index is -4.62. The van der Waals surface area contributed by atoms with Gasteiger partial charge in [-0.25, -0.2) is 14.8 Å². The lowest BCUT2D eigenvalue weighted by molar-refractivity contribution is -0.138. The van der Waals surface area contributed by atoms with Gasteiger partial charge in [-0.1, -0.05) is 24.3 Å². The van der Waals surface area contributed by atoms with Crippen molar-refractivity contribution in [3.8, 4) is 0 Å². The summed E-state index contributed by atoms with van der Waals surface area (Å²) in [5, 5.41) is 12.4. The summed E-state index contributed by atoms with van der Waals surface area (Å²) < 4.78 is 40.9. The second kappa shape index (κ2) is 10.3. The van der Waals surface area contributed by atoms with Crippen LogP contribution in [0.2, 0.25) is 0 Å². The Hall–Kier alpha value is -3.66. The Labute approximate surface area is 201 Å². The average molecular weight is 486 g/mol. The molecule has 35 heavy (non-hydrogen) atoms. The van der Waals surface area contributed by atoms with Crippen LogP contribution >= 0.6 is 0 Å². The third kappa shape index (κ3) is 6.07. The molecule has 2 heterocycles. The fraction of sp³-hybridized carbons (Fsp3) is 0.320. The molecule has 4 rings (SSSR count). The zero-order valence-corrected chi connectivity index (χ0v) is 19.2. The number of alkyl halides is 3. The number of aryl methyl sites for hydroxylation is 2. The molecule has 0 radical (unpaired) electrons. The number of nitrogens with zero attached hydrogens (tertiary/aromatic N) is 4. The van der Waals surface area contributed by atoms with Gasteiger partial charge in [-0.15, -0.1) is 0 Å². The van der Waals surface area contributed by atoms with Gasteiger partial charge in [0, 0.05) is 43.8 Å². The normalized spacial score (nSPS) is 14.7. The van der Waals surface area contributed by atoms with Crippen molar-refractivity contribution in [2.24, 2.45) is 0 Å². The SMILES string of the molecule is CN1CCN(c2cccc(Nc3ncc(C(F)(F)F)c(CCc4ccccc4C(=O)O)n3)c2)CC1. The Morgan fingerprint density at radius 2 is 1.80 bits per heavy atom. The molecule has 1 fully saturated rings. The number of carboxylic acid groups (broad SMARTS) is 1. The summed E-state index contributed by atoms with van der Waals surface area (Å²) >= 11 is 0. The van der Waals surface area contributed by atoms with Crippen LogP contribution in [0.15, 0.2) is 54.7 Å². The van der Waals surface area contributed by atoms with Crippen molar-refractivity contribution >= 4 is 23.3 Å². The number of halogens is 3. The van der Waals surface area contributed by atoms with Gasteiger partial charge in [0.1, 0.15) is 0 Å². The van der Waals surface area contributed by atoms with Gasteiger partial charge in [-0.05, 0) is 49.7 Å². The lowest BCUT2D eigenvalue weighted by atomic mass is 10.0. The van der Waals surface area contributed by atoms with Crippen LogP contribution in [0, 0.1) is 0 Å². The number of carboxylic acids is 1. The standard InChI is InChI=1S/C25H26F3N5O2/c1-32-11-13-33(14-12-32)19-7-4-6-18(15-19)30-24-29-16-21(25(26,27)28)22(31-24)10-9-17-5-2-3-8-20(17)23(34)35/h2-8,15-16H,9-14H2,1H3,(H,34,35)(H,29,30,31). The summed E-state index contributed by atoms with van der Waals surface area (Å²) in [5.74, 6) is -1.07. The number of hydrogen-bond acceptors (Lipinski definition) is 6. The summed E-state index contributed by atoms with van der Waals surface area (Å²) in [6.45, 7) is 3.68. The van der Waals surface area contributed by atoms with Gasteiger partial charge < -0.3 is 20.2 Å². The van der Waals surface area contributed by atoms with Crippen LogP contribution in [0.1, 0.15) is 27.2 Å². The summed E-state index contributed by atoms with van der Waals surface area (Å²) in [4.78, 5) is 24.0. The molecule has 1 aliphatic rings. The maximum atomic E-state index is 13.6. The zero-order valence-electron chi connectivity index (χ0n) is 19.2. The van der Waals surface area contributed by atoms with Gasteiger partial charge in [0.25, 0.3) is 0 Å². The molecule has 2 N–H and O–H groups in total. The molecule has 0 unspecified atom stereocenters. The molecular formula is C25H26F3N5O2.